The number of nitrogens with one attached hydrogen (secondary N) is 1. The fourth-order valence-corrected chi connectivity index (χ4v) is 2.67. The number of rotatable bonds is 3. The van der Waals surface area contributed by atoms with Gasteiger partial charge in [-0.15, -0.1) is 0 Å². The van der Waals surface area contributed by atoms with Crippen LogP contribution in [0.3, 0.4) is 0 Å². The Bertz CT molecular complexity index is 227. The molecule has 0 radical (unpaired) electrons. The Balaban J connectivity index is 1.70. The van der Waals surface area contributed by atoms with E-state index in [1.165, 1.54) is 38.5 Å². The summed E-state index contributed by atoms with van der Waals surface area (Å²) in [5.41, 5.74) is 0.788. The van der Waals surface area contributed by atoms with Crippen LogP contribution in [0.15, 0.2) is 0 Å². The van der Waals surface area contributed by atoms with Gasteiger partial charge >= 0.3 is 0 Å². The molecule has 14 heavy (non-hydrogen) atoms. The van der Waals surface area contributed by atoms with Crippen LogP contribution in [0.1, 0.15) is 51.9 Å². The predicted molar refractivity (Wildman–Crippen MR) is 56.8 cm³/mol. The Labute approximate surface area is 86.7 Å². The molecule has 0 bridgehead atoms. The van der Waals surface area contributed by atoms with E-state index in [2.05, 4.69) is 18.3 Å². The summed E-state index contributed by atoms with van der Waals surface area (Å²) in [6, 6.07) is 3.28. The fourth-order valence-electron chi connectivity index (χ4n) is 2.67. The first-order valence-corrected chi connectivity index (χ1v) is 5.87. The van der Waals surface area contributed by atoms with Crippen molar-refractivity contribution in [1.82, 2.24) is 5.32 Å². The fraction of sp³-hybridized carbons (Fsp3) is 0.917. The van der Waals surface area contributed by atoms with Crippen molar-refractivity contribution in [2.24, 2.45) is 5.41 Å². The molecule has 0 heterocycles. The Morgan fingerprint density at radius 3 is 2.50 bits per heavy atom. The zero-order chi connectivity index (χ0) is 10.0. The van der Waals surface area contributed by atoms with Crippen molar-refractivity contribution in [1.29, 1.82) is 5.26 Å². The minimum atomic E-state index is 0.373. The quantitative estimate of drug-likeness (QED) is 0.746. The summed E-state index contributed by atoms with van der Waals surface area (Å²) in [6.07, 6.45) is 9.10. The van der Waals surface area contributed by atoms with Crippen LogP contribution in [0.4, 0.5) is 0 Å². The van der Waals surface area contributed by atoms with Crippen LogP contribution in [0.25, 0.3) is 0 Å². The monoisotopic (exact) mass is 192 g/mol. The molecule has 0 saturated heterocycles. The molecular weight excluding hydrogens is 172 g/mol. The summed E-state index contributed by atoms with van der Waals surface area (Å²) in [4.78, 5) is 0. The van der Waals surface area contributed by atoms with Crippen molar-refractivity contribution in [3.05, 3.63) is 0 Å². The van der Waals surface area contributed by atoms with Crippen LogP contribution in [-0.4, -0.2) is 12.1 Å². The van der Waals surface area contributed by atoms with Gasteiger partial charge in [-0.25, -0.2) is 0 Å². The highest BCUT2D eigenvalue weighted by molar-refractivity contribution is 4.98. The maximum Gasteiger partial charge on any atom is 0.0638 e. The maximum absolute atomic E-state index is 8.57. The number of hydrogen-bond acceptors (Lipinski definition) is 2. The number of nitriles is 1. The van der Waals surface area contributed by atoms with E-state index in [4.69, 9.17) is 5.26 Å². The summed E-state index contributed by atoms with van der Waals surface area (Å²) in [6.45, 7) is 2.12. The second-order valence-corrected chi connectivity index (χ2v) is 5.20. The van der Waals surface area contributed by atoms with Gasteiger partial charge in [0.25, 0.3) is 0 Å². The Kier molecular flexibility index (Phi) is 2.78. The van der Waals surface area contributed by atoms with E-state index in [1.54, 1.807) is 0 Å². The van der Waals surface area contributed by atoms with Gasteiger partial charge in [-0.1, -0.05) is 0 Å². The van der Waals surface area contributed by atoms with Crippen LogP contribution in [0.5, 0.6) is 0 Å². The molecule has 0 aliphatic heterocycles. The Hall–Kier alpha value is -0.550. The van der Waals surface area contributed by atoms with E-state index in [0.717, 1.165) is 5.41 Å². The molecule has 2 heteroatoms. The molecule has 1 atom stereocenters. The number of nitrogens with zero attached hydrogens (tertiary/aromatic N) is 1. The standard InChI is InChI=1S/C12H20N2/c1-10(4-9-13)14-11-2-5-12(6-3-11)7-8-12/h10-11,14H,2-8H2,1H3. The Morgan fingerprint density at radius 1 is 1.36 bits per heavy atom. The first kappa shape index (κ1) is 9.98. The van der Waals surface area contributed by atoms with Gasteiger partial charge in [0.15, 0.2) is 0 Å². The SMILES string of the molecule is CC(CC#N)NC1CCC2(CC1)CC2. The predicted octanol–water partition coefficient (Wildman–Crippen LogP) is 2.60. The molecule has 2 nitrogen and oxygen atoms in total. The van der Waals surface area contributed by atoms with Crippen LogP contribution in [0, 0.1) is 16.7 Å². The molecule has 1 spiro atoms. The molecule has 0 aromatic rings. The van der Waals surface area contributed by atoms with Gasteiger partial charge in [0.05, 0.1) is 12.5 Å². The lowest BCUT2D eigenvalue weighted by Crippen LogP contribution is -2.39. The van der Waals surface area contributed by atoms with Crippen LogP contribution >= 0.6 is 0 Å². The highest BCUT2D eigenvalue weighted by atomic mass is 14.9. The minimum absolute atomic E-state index is 0.373. The van der Waals surface area contributed by atoms with Crippen LogP contribution in [0.2, 0.25) is 0 Å². The Morgan fingerprint density at radius 2 is 2.00 bits per heavy atom. The van der Waals surface area contributed by atoms with Gasteiger partial charge in [-0.05, 0) is 50.9 Å². The lowest BCUT2D eigenvalue weighted by molar-refractivity contribution is 0.262. The largest absolute Gasteiger partial charge is 0.310 e. The van der Waals surface area contributed by atoms with Crippen molar-refractivity contribution in [2.75, 3.05) is 0 Å². The van der Waals surface area contributed by atoms with E-state index in [9.17, 15) is 0 Å². The zero-order valence-electron chi connectivity index (χ0n) is 9.05. The molecule has 0 aromatic heterocycles. The third kappa shape index (κ3) is 2.27. The zero-order valence-corrected chi connectivity index (χ0v) is 9.05. The van der Waals surface area contributed by atoms with E-state index in [0.29, 0.717) is 18.5 Å². The third-order valence-electron chi connectivity index (χ3n) is 3.92. The van der Waals surface area contributed by atoms with Crippen molar-refractivity contribution in [3.63, 3.8) is 0 Å². The van der Waals surface area contributed by atoms with Crippen molar-refractivity contribution < 1.29 is 0 Å². The summed E-state index contributed by atoms with van der Waals surface area (Å²) >= 11 is 0. The van der Waals surface area contributed by atoms with Crippen molar-refractivity contribution >= 4 is 0 Å². The second kappa shape index (κ2) is 3.90. The molecular formula is C12H20N2. The van der Waals surface area contributed by atoms with Crippen LogP contribution < -0.4 is 5.32 Å². The first-order chi connectivity index (χ1) is 6.74. The average Bonchev–Trinajstić information content (AvgIpc) is 2.91. The molecule has 2 saturated carbocycles. The summed E-state index contributed by atoms with van der Waals surface area (Å²) in [5.74, 6) is 0. The summed E-state index contributed by atoms with van der Waals surface area (Å²) in [5, 5.41) is 12.1. The van der Waals surface area contributed by atoms with Gasteiger partial charge < -0.3 is 5.32 Å². The second-order valence-electron chi connectivity index (χ2n) is 5.20. The molecule has 0 amide bonds. The highest BCUT2D eigenvalue weighted by Crippen LogP contribution is 2.56. The highest BCUT2D eigenvalue weighted by Gasteiger charge is 2.44. The topological polar surface area (TPSA) is 35.8 Å². The summed E-state index contributed by atoms with van der Waals surface area (Å²) in [7, 11) is 0. The molecule has 2 aliphatic rings. The van der Waals surface area contributed by atoms with Gasteiger partial charge in [0.1, 0.15) is 0 Å². The number of hydrogen-bond donors (Lipinski definition) is 1. The van der Waals surface area contributed by atoms with Gasteiger partial charge in [0.2, 0.25) is 0 Å². The van der Waals surface area contributed by atoms with Gasteiger partial charge in [-0.2, -0.15) is 5.26 Å². The van der Waals surface area contributed by atoms with E-state index in [1.807, 2.05) is 0 Å². The normalized spacial score (nSPS) is 27.1. The lowest BCUT2D eigenvalue weighted by atomic mass is 9.83. The smallest absolute Gasteiger partial charge is 0.0638 e. The lowest BCUT2D eigenvalue weighted by Gasteiger charge is -2.30. The van der Waals surface area contributed by atoms with E-state index >= 15 is 0 Å². The molecule has 1 N–H and O–H groups in total. The van der Waals surface area contributed by atoms with Crippen LogP contribution in [-0.2, 0) is 0 Å². The van der Waals surface area contributed by atoms with E-state index in [-0.39, 0.29) is 0 Å². The minimum Gasteiger partial charge on any atom is -0.310 e. The van der Waals surface area contributed by atoms with E-state index < -0.39 is 0 Å². The summed E-state index contributed by atoms with van der Waals surface area (Å²) < 4.78 is 0. The molecule has 0 aromatic carbocycles. The van der Waals surface area contributed by atoms with Gasteiger partial charge in [-0.3, -0.25) is 0 Å². The maximum atomic E-state index is 8.57. The van der Waals surface area contributed by atoms with Crippen molar-refractivity contribution in [3.8, 4) is 6.07 Å². The first-order valence-electron chi connectivity index (χ1n) is 5.87. The molecule has 2 rings (SSSR count). The molecule has 78 valence electrons. The van der Waals surface area contributed by atoms with Crippen molar-refractivity contribution in [2.45, 2.75) is 64.0 Å². The third-order valence-corrected chi connectivity index (χ3v) is 3.92. The van der Waals surface area contributed by atoms with Gasteiger partial charge in [0, 0.05) is 12.1 Å². The molecule has 1 unspecified atom stereocenters. The molecule has 2 fully saturated rings. The molecule has 2 aliphatic carbocycles. The average molecular weight is 192 g/mol.